The number of nitrogens with zero attached hydrogens (tertiary/aromatic N) is 1. The second kappa shape index (κ2) is 2.92. The maximum absolute atomic E-state index is 10.7. The van der Waals surface area contributed by atoms with Gasteiger partial charge in [-0.1, -0.05) is 0 Å². The quantitative estimate of drug-likeness (QED) is 0.619. The lowest BCUT2D eigenvalue weighted by molar-refractivity contribution is 0.0696. The number of carboxylic acids is 1. The zero-order valence-electron chi connectivity index (χ0n) is 5.52. The Hall–Kier alpha value is -1.71. The number of carbonyl (C=O) groups is 1. The minimum atomic E-state index is -1.15. The maximum atomic E-state index is 10.7. The lowest BCUT2D eigenvalue weighted by Gasteiger charge is -1.82. The van der Waals surface area contributed by atoms with Gasteiger partial charge in [0.1, 0.15) is 0 Å². The van der Waals surface area contributed by atoms with Gasteiger partial charge in [-0.25, -0.2) is 4.79 Å². The number of hydrogen-bond donors (Lipinski definition) is 1. The van der Waals surface area contributed by atoms with Gasteiger partial charge < -0.3 is 5.11 Å². The van der Waals surface area contributed by atoms with Crippen LogP contribution in [0.4, 0.5) is 0 Å². The summed E-state index contributed by atoms with van der Waals surface area (Å²) in [6, 6.07) is 2.22. The molecule has 1 rings (SSSR count). The molecule has 0 atom stereocenters. The highest BCUT2D eigenvalue weighted by molar-refractivity contribution is 5.86. The zero-order chi connectivity index (χ0) is 8.27. The Morgan fingerprint density at radius 3 is 2.91 bits per heavy atom. The van der Waals surface area contributed by atoms with E-state index in [1.54, 1.807) is 0 Å². The Balaban J connectivity index is 3.33. The number of carboxylic acid groups (broad SMARTS) is 1. The van der Waals surface area contributed by atoms with Gasteiger partial charge in [0.15, 0.2) is 5.43 Å². The average molecular weight is 151 g/mol. The van der Waals surface area contributed by atoms with Gasteiger partial charge in [-0.2, -0.15) is 0 Å². The summed E-state index contributed by atoms with van der Waals surface area (Å²) in [5, 5.41) is 8.44. The summed E-state index contributed by atoms with van der Waals surface area (Å²) in [5.74, 6) is -1.15. The molecule has 4 heteroatoms. The Morgan fingerprint density at radius 1 is 1.55 bits per heavy atom. The van der Waals surface area contributed by atoms with Gasteiger partial charge in [0, 0.05) is 24.5 Å². The van der Waals surface area contributed by atoms with Crippen molar-refractivity contribution >= 4 is 5.97 Å². The monoisotopic (exact) mass is 151 g/mol. The van der Waals surface area contributed by atoms with E-state index in [0.29, 0.717) is 0 Å². The first-order valence-electron chi connectivity index (χ1n) is 2.89. The molecular formula is C7H5NO3. The van der Waals surface area contributed by atoms with Gasteiger partial charge in [-0.05, 0) is 0 Å². The second-order valence-corrected chi connectivity index (χ2v) is 1.90. The second-order valence-electron chi connectivity index (χ2n) is 1.90. The maximum Gasteiger partial charge on any atom is 0.337 e. The SMILES string of the molecule is O=C(O)c1cnccc(=O)c1. The van der Waals surface area contributed by atoms with E-state index >= 15 is 0 Å². The molecule has 4 nitrogen and oxygen atoms in total. The topological polar surface area (TPSA) is 67.3 Å². The minimum absolute atomic E-state index is 0.0972. The van der Waals surface area contributed by atoms with Gasteiger partial charge in [0.2, 0.25) is 0 Å². The van der Waals surface area contributed by atoms with Gasteiger partial charge >= 0.3 is 5.97 Å². The molecule has 56 valence electrons. The van der Waals surface area contributed by atoms with Crippen LogP contribution in [0.1, 0.15) is 10.4 Å². The average Bonchev–Trinajstić information content (AvgIpc) is 2.13. The highest BCUT2D eigenvalue weighted by atomic mass is 16.4. The van der Waals surface area contributed by atoms with Crippen molar-refractivity contribution in [1.29, 1.82) is 0 Å². The van der Waals surface area contributed by atoms with Crippen LogP contribution in [-0.4, -0.2) is 16.1 Å². The molecule has 0 bridgehead atoms. The molecular weight excluding hydrogens is 146 g/mol. The summed E-state index contributed by atoms with van der Waals surface area (Å²) in [6.45, 7) is 0. The predicted molar refractivity (Wildman–Crippen MR) is 37.5 cm³/mol. The molecule has 1 heterocycles. The van der Waals surface area contributed by atoms with Crippen LogP contribution in [0, 0.1) is 0 Å². The van der Waals surface area contributed by atoms with Crippen molar-refractivity contribution in [3.05, 3.63) is 40.3 Å². The molecule has 0 unspecified atom stereocenters. The molecule has 0 saturated heterocycles. The standard InChI is InChI=1S/C7H5NO3/c9-6-1-2-8-4-5(3-6)7(10)11/h1-4H,(H,10,11). The first kappa shape index (κ1) is 7.40. The fourth-order valence-corrected chi connectivity index (χ4v) is 0.595. The third-order valence-corrected chi connectivity index (χ3v) is 1.08. The Bertz CT molecular complexity index is 335. The lowest BCUT2D eigenvalue weighted by atomic mass is 10.3. The zero-order valence-corrected chi connectivity index (χ0v) is 5.52. The third kappa shape index (κ3) is 1.86. The van der Waals surface area contributed by atoms with E-state index in [1.807, 2.05) is 0 Å². The number of hydrogen-bond acceptors (Lipinski definition) is 3. The van der Waals surface area contributed by atoms with E-state index < -0.39 is 5.97 Å². The summed E-state index contributed by atoms with van der Waals surface area (Å²) in [4.78, 5) is 24.6. The first-order valence-corrected chi connectivity index (χ1v) is 2.89. The van der Waals surface area contributed by atoms with Crippen LogP contribution in [0.25, 0.3) is 0 Å². The molecule has 0 fully saturated rings. The van der Waals surface area contributed by atoms with E-state index in [2.05, 4.69) is 4.98 Å². The van der Waals surface area contributed by atoms with Gasteiger partial charge in [-0.3, -0.25) is 9.78 Å². The predicted octanol–water partition coefficient (Wildman–Crippen LogP) is 0.140. The molecule has 0 spiro atoms. The summed E-state index contributed by atoms with van der Waals surface area (Å²) in [7, 11) is 0. The third-order valence-electron chi connectivity index (χ3n) is 1.08. The van der Waals surface area contributed by atoms with Crippen LogP contribution in [-0.2, 0) is 0 Å². The van der Waals surface area contributed by atoms with Gasteiger partial charge in [0.25, 0.3) is 0 Å². The molecule has 0 amide bonds. The van der Waals surface area contributed by atoms with E-state index in [4.69, 9.17) is 5.11 Å². The van der Waals surface area contributed by atoms with Crippen molar-refractivity contribution in [3.8, 4) is 0 Å². The van der Waals surface area contributed by atoms with E-state index in [1.165, 1.54) is 12.3 Å². The van der Waals surface area contributed by atoms with Crippen LogP contribution in [0.15, 0.2) is 29.3 Å². The Labute approximate surface area is 62.1 Å². The van der Waals surface area contributed by atoms with E-state index in [9.17, 15) is 9.59 Å². The number of rotatable bonds is 1. The molecule has 0 aliphatic rings. The van der Waals surface area contributed by atoms with Gasteiger partial charge in [-0.15, -0.1) is 0 Å². The molecule has 0 radical (unpaired) electrons. The Morgan fingerprint density at radius 2 is 2.27 bits per heavy atom. The largest absolute Gasteiger partial charge is 0.478 e. The highest BCUT2D eigenvalue weighted by Gasteiger charge is 1.99. The molecule has 0 aliphatic heterocycles. The van der Waals surface area contributed by atoms with E-state index in [-0.39, 0.29) is 11.0 Å². The molecule has 0 saturated carbocycles. The molecule has 1 aromatic rings. The van der Waals surface area contributed by atoms with Crippen molar-refractivity contribution in [2.45, 2.75) is 0 Å². The molecule has 0 aliphatic carbocycles. The van der Waals surface area contributed by atoms with Crippen molar-refractivity contribution in [3.63, 3.8) is 0 Å². The normalized spacial score (nSPS) is 9.09. The molecule has 1 aromatic heterocycles. The van der Waals surface area contributed by atoms with Crippen LogP contribution in [0.2, 0.25) is 0 Å². The first-order chi connectivity index (χ1) is 5.20. The van der Waals surface area contributed by atoms with Crippen molar-refractivity contribution < 1.29 is 9.90 Å². The smallest absolute Gasteiger partial charge is 0.337 e. The molecule has 0 aromatic carbocycles. The fraction of sp³-hybridized carbons (Fsp3) is 0. The summed E-state index contributed by atoms with van der Waals surface area (Å²) < 4.78 is 0. The summed E-state index contributed by atoms with van der Waals surface area (Å²) in [6.07, 6.45) is 2.39. The van der Waals surface area contributed by atoms with Crippen LogP contribution >= 0.6 is 0 Å². The lowest BCUT2D eigenvalue weighted by Crippen LogP contribution is -1.99. The van der Waals surface area contributed by atoms with Crippen molar-refractivity contribution in [1.82, 2.24) is 4.98 Å². The fourth-order valence-electron chi connectivity index (χ4n) is 0.595. The number of aromatic nitrogens is 1. The van der Waals surface area contributed by atoms with E-state index in [0.717, 1.165) is 12.3 Å². The van der Waals surface area contributed by atoms with Crippen LogP contribution < -0.4 is 5.43 Å². The molecule has 11 heavy (non-hydrogen) atoms. The summed E-state index contributed by atoms with van der Waals surface area (Å²) in [5.41, 5.74) is -0.458. The summed E-state index contributed by atoms with van der Waals surface area (Å²) >= 11 is 0. The minimum Gasteiger partial charge on any atom is -0.478 e. The van der Waals surface area contributed by atoms with Crippen LogP contribution in [0.3, 0.4) is 0 Å². The van der Waals surface area contributed by atoms with Crippen molar-refractivity contribution in [2.24, 2.45) is 0 Å². The molecule has 1 N–H and O–H groups in total. The van der Waals surface area contributed by atoms with Gasteiger partial charge in [0.05, 0.1) is 5.56 Å². The van der Waals surface area contributed by atoms with Crippen molar-refractivity contribution in [2.75, 3.05) is 0 Å². The van der Waals surface area contributed by atoms with Crippen LogP contribution in [0.5, 0.6) is 0 Å². The Kier molecular flexibility index (Phi) is 1.96. The number of aromatic carboxylic acids is 1. The highest BCUT2D eigenvalue weighted by Crippen LogP contribution is 1.88.